The third-order valence-corrected chi connectivity index (χ3v) is 11.4. The Morgan fingerprint density at radius 3 is 1.81 bits per heavy atom. The summed E-state index contributed by atoms with van der Waals surface area (Å²) in [7, 11) is 0. The SMILES string of the molecule is c1ccc(-c2nc(-c3ccccc3-c3ccccc3)nc(-c3cccc4oc5ccc6cc(-n7c8ccccc8c8cc9ccccc9cc87)ccc6c5c34)n2)cc1. The van der Waals surface area contributed by atoms with Gasteiger partial charge in [0.1, 0.15) is 11.2 Å². The van der Waals surface area contributed by atoms with Gasteiger partial charge in [-0.1, -0.05) is 152 Å². The van der Waals surface area contributed by atoms with Crippen LogP contribution in [-0.4, -0.2) is 19.5 Å². The summed E-state index contributed by atoms with van der Waals surface area (Å²) in [5.41, 5.74) is 9.98. The molecule has 0 saturated heterocycles. The van der Waals surface area contributed by atoms with E-state index >= 15 is 0 Å². The average Bonchev–Trinajstić information content (AvgIpc) is 3.84. The molecule has 3 aromatic heterocycles. The van der Waals surface area contributed by atoms with Crippen LogP contribution in [0.4, 0.5) is 0 Å². The van der Waals surface area contributed by atoms with E-state index in [4.69, 9.17) is 19.4 Å². The van der Waals surface area contributed by atoms with Crippen molar-refractivity contribution in [2.24, 2.45) is 0 Å². The van der Waals surface area contributed by atoms with Gasteiger partial charge >= 0.3 is 0 Å². The lowest BCUT2D eigenvalue weighted by Crippen LogP contribution is -2.01. The summed E-state index contributed by atoms with van der Waals surface area (Å²) in [5, 5.41) is 9.18. The minimum Gasteiger partial charge on any atom is -0.456 e. The van der Waals surface area contributed by atoms with Gasteiger partial charge in [0.25, 0.3) is 0 Å². The summed E-state index contributed by atoms with van der Waals surface area (Å²) in [5.74, 6) is 1.81. The molecule has 58 heavy (non-hydrogen) atoms. The van der Waals surface area contributed by atoms with Gasteiger partial charge in [0, 0.05) is 43.9 Å². The molecular weight excluding hydrogens is 709 g/mol. The molecule has 0 amide bonds. The van der Waals surface area contributed by atoms with Crippen LogP contribution in [0.3, 0.4) is 0 Å². The molecule has 270 valence electrons. The predicted molar refractivity (Wildman–Crippen MR) is 238 cm³/mol. The molecule has 0 N–H and O–H groups in total. The second-order valence-corrected chi connectivity index (χ2v) is 14.8. The van der Waals surface area contributed by atoms with Crippen molar-refractivity contribution in [1.82, 2.24) is 19.5 Å². The topological polar surface area (TPSA) is 56.7 Å². The highest BCUT2D eigenvalue weighted by atomic mass is 16.3. The van der Waals surface area contributed by atoms with Crippen molar-refractivity contribution in [3.05, 3.63) is 194 Å². The van der Waals surface area contributed by atoms with E-state index in [1.54, 1.807) is 0 Å². The van der Waals surface area contributed by atoms with E-state index in [1.165, 1.54) is 32.6 Å². The van der Waals surface area contributed by atoms with Gasteiger partial charge in [-0.3, -0.25) is 0 Å². The zero-order chi connectivity index (χ0) is 38.2. The Kier molecular flexibility index (Phi) is 7.16. The summed E-state index contributed by atoms with van der Waals surface area (Å²) >= 11 is 0. The second-order valence-electron chi connectivity index (χ2n) is 14.8. The molecule has 0 bridgehead atoms. The number of rotatable bonds is 5. The molecule has 0 radical (unpaired) electrons. The molecule has 0 aliphatic rings. The molecule has 0 aliphatic heterocycles. The fraction of sp³-hybridized carbons (Fsp3) is 0. The van der Waals surface area contributed by atoms with Crippen LogP contribution in [0.1, 0.15) is 0 Å². The van der Waals surface area contributed by atoms with Crippen molar-refractivity contribution in [2.75, 3.05) is 0 Å². The van der Waals surface area contributed by atoms with Crippen LogP contribution in [0, 0.1) is 0 Å². The zero-order valence-corrected chi connectivity index (χ0v) is 31.2. The highest BCUT2D eigenvalue weighted by Crippen LogP contribution is 2.42. The van der Waals surface area contributed by atoms with E-state index in [0.717, 1.165) is 66.2 Å². The van der Waals surface area contributed by atoms with Crippen molar-refractivity contribution in [3.63, 3.8) is 0 Å². The third kappa shape index (κ3) is 5.07. The normalized spacial score (nSPS) is 11.8. The molecule has 0 atom stereocenters. The lowest BCUT2D eigenvalue weighted by molar-refractivity contribution is 0.669. The Morgan fingerprint density at radius 2 is 0.983 bits per heavy atom. The zero-order valence-electron chi connectivity index (χ0n) is 31.2. The van der Waals surface area contributed by atoms with Gasteiger partial charge in [-0.2, -0.15) is 0 Å². The van der Waals surface area contributed by atoms with Crippen LogP contribution >= 0.6 is 0 Å². The van der Waals surface area contributed by atoms with Crippen LogP contribution in [-0.2, 0) is 0 Å². The van der Waals surface area contributed by atoms with E-state index in [-0.39, 0.29) is 0 Å². The van der Waals surface area contributed by atoms with Gasteiger partial charge in [-0.05, 0) is 75.1 Å². The lowest BCUT2D eigenvalue weighted by atomic mass is 9.98. The quantitative estimate of drug-likeness (QED) is 0.176. The number of fused-ring (bicyclic) bond motifs is 9. The van der Waals surface area contributed by atoms with Crippen LogP contribution in [0.15, 0.2) is 199 Å². The first kappa shape index (κ1) is 32.4. The van der Waals surface area contributed by atoms with Gasteiger partial charge in [-0.15, -0.1) is 0 Å². The summed E-state index contributed by atoms with van der Waals surface area (Å²) < 4.78 is 9.00. The molecule has 5 heteroatoms. The molecule has 0 fully saturated rings. The van der Waals surface area contributed by atoms with Crippen molar-refractivity contribution >= 4 is 65.3 Å². The number of para-hydroxylation sites is 1. The fourth-order valence-electron chi connectivity index (χ4n) is 8.77. The molecule has 0 saturated carbocycles. The summed E-state index contributed by atoms with van der Waals surface area (Å²) in [6.45, 7) is 0. The van der Waals surface area contributed by atoms with Crippen molar-refractivity contribution in [3.8, 4) is 51.0 Å². The fourth-order valence-corrected chi connectivity index (χ4v) is 8.77. The first-order valence-electron chi connectivity index (χ1n) is 19.5. The maximum absolute atomic E-state index is 6.61. The summed E-state index contributed by atoms with van der Waals surface area (Å²) in [6, 6.07) is 68.0. The van der Waals surface area contributed by atoms with E-state index in [0.29, 0.717) is 17.5 Å². The minimum atomic E-state index is 0.589. The van der Waals surface area contributed by atoms with Crippen molar-refractivity contribution in [2.45, 2.75) is 0 Å². The molecule has 12 rings (SSSR count). The molecule has 12 aromatic rings. The van der Waals surface area contributed by atoms with Gasteiger partial charge in [0.15, 0.2) is 17.5 Å². The first-order chi connectivity index (χ1) is 28.7. The molecule has 0 aliphatic carbocycles. The van der Waals surface area contributed by atoms with Crippen LogP contribution < -0.4 is 0 Å². The Morgan fingerprint density at radius 1 is 0.345 bits per heavy atom. The van der Waals surface area contributed by atoms with Gasteiger partial charge in [-0.25, -0.2) is 15.0 Å². The second kappa shape index (κ2) is 12.8. The Hall–Kier alpha value is -7.89. The monoisotopic (exact) mass is 740 g/mol. The highest BCUT2D eigenvalue weighted by molar-refractivity contribution is 6.23. The van der Waals surface area contributed by atoms with Gasteiger partial charge in [0.2, 0.25) is 0 Å². The first-order valence-corrected chi connectivity index (χ1v) is 19.5. The van der Waals surface area contributed by atoms with E-state index < -0.39 is 0 Å². The molecule has 0 spiro atoms. The van der Waals surface area contributed by atoms with Crippen LogP contribution in [0.5, 0.6) is 0 Å². The van der Waals surface area contributed by atoms with Crippen molar-refractivity contribution in [1.29, 1.82) is 0 Å². The average molecular weight is 741 g/mol. The number of hydrogen-bond acceptors (Lipinski definition) is 4. The predicted octanol–water partition coefficient (Wildman–Crippen LogP) is 13.8. The van der Waals surface area contributed by atoms with Crippen LogP contribution in [0.2, 0.25) is 0 Å². The number of hydrogen-bond donors (Lipinski definition) is 0. The molecule has 3 heterocycles. The molecule has 9 aromatic carbocycles. The van der Waals surface area contributed by atoms with E-state index in [1.807, 2.05) is 54.6 Å². The van der Waals surface area contributed by atoms with Gasteiger partial charge in [0.05, 0.1) is 11.0 Å². The minimum absolute atomic E-state index is 0.589. The summed E-state index contributed by atoms with van der Waals surface area (Å²) in [4.78, 5) is 15.6. The van der Waals surface area contributed by atoms with E-state index in [9.17, 15) is 0 Å². The number of furan rings is 1. The third-order valence-electron chi connectivity index (χ3n) is 11.4. The lowest BCUT2D eigenvalue weighted by Gasteiger charge is -2.13. The largest absolute Gasteiger partial charge is 0.456 e. The Balaban J connectivity index is 1.08. The highest BCUT2D eigenvalue weighted by Gasteiger charge is 2.21. The van der Waals surface area contributed by atoms with Crippen molar-refractivity contribution < 1.29 is 4.42 Å². The van der Waals surface area contributed by atoms with Gasteiger partial charge < -0.3 is 8.98 Å². The Bertz CT molecular complexity index is 3570. The molecular formula is C53H32N4O. The smallest absolute Gasteiger partial charge is 0.164 e. The standard InChI is InChI=1S/C53H32N4O/c1-3-14-33(15-4-1)39-20-9-10-22-42(39)52-54-51(34-16-5-2-6-17-34)55-53(56-52)43-23-13-25-47-50(43)49-40-28-27-38(30-37(40)26-29-48(49)58-47)57-45-24-12-11-21-41(45)44-31-35-18-7-8-19-36(35)32-46(44)57/h1-32H. The van der Waals surface area contributed by atoms with Crippen LogP contribution in [0.25, 0.3) is 116 Å². The summed E-state index contributed by atoms with van der Waals surface area (Å²) in [6.07, 6.45) is 0. The molecule has 0 unspecified atom stereocenters. The van der Waals surface area contributed by atoms with E-state index in [2.05, 4.69) is 144 Å². The maximum Gasteiger partial charge on any atom is 0.164 e. The molecule has 5 nitrogen and oxygen atoms in total. The number of nitrogens with zero attached hydrogens (tertiary/aromatic N) is 4. The number of aromatic nitrogens is 4. The maximum atomic E-state index is 6.61. The number of benzene rings is 9. The Labute approximate surface area is 333 Å².